The van der Waals surface area contributed by atoms with Gasteiger partial charge in [-0.05, 0) is 45.8 Å². The molecule has 2 aromatic heterocycles. The molecule has 0 fully saturated rings. The van der Waals surface area contributed by atoms with Gasteiger partial charge in [-0.1, -0.05) is 78.9 Å². The molecular formula is C30H17NS. The molecule has 0 unspecified atom stereocenters. The zero-order valence-corrected chi connectivity index (χ0v) is 18.0. The lowest BCUT2D eigenvalue weighted by atomic mass is 9.94. The number of rotatable bonds is 1. The number of para-hydroxylation sites is 2. The van der Waals surface area contributed by atoms with Gasteiger partial charge in [0.15, 0.2) is 0 Å². The molecule has 0 N–H and O–H groups in total. The molecule has 0 atom stereocenters. The van der Waals surface area contributed by atoms with E-state index in [1.165, 1.54) is 69.2 Å². The molecule has 148 valence electrons. The van der Waals surface area contributed by atoms with E-state index in [-0.39, 0.29) is 0 Å². The van der Waals surface area contributed by atoms with Crippen LogP contribution in [0.4, 0.5) is 0 Å². The summed E-state index contributed by atoms with van der Waals surface area (Å²) in [6, 6.07) is 37.8. The first kappa shape index (κ1) is 16.8. The molecule has 0 aliphatic carbocycles. The Morgan fingerprint density at radius 3 is 1.69 bits per heavy atom. The lowest BCUT2D eigenvalue weighted by molar-refractivity contribution is 1.20. The third kappa shape index (κ3) is 1.94. The van der Waals surface area contributed by atoms with Crippen molar-refractivity contribution in [2.45, 2.75) is 0 Å². The van der Waals surface area contributed by atoms with E-state index in [0.717, 1.165) is 0 Å². The molecule has 0 bridgehead atoms. The first-order valence-electron chi connectivity index (χ1n) is 11.0. The quantitative estimate of drug-likeness (QED) is 0.232. The van der Waals surface area contributed by atoms with Gasteiger partial charge in [-0.25, -0.2) is 0 Å². The van der Waals surface area contributed by atoms with Crippen LogP contribution in [0.25, 0.3) is 69.2 Å². The van der Waals surface area contributed by atoms with Gasteiger partial charge >= 0.3 is 0 Å². The highest BCUT2D eigenvalue weighted by molar-refractivity contribution is 7.26. The Balaban J connectivity index is 1.64. The van der Waals surface area contributed by atoms with Gasteiger partial charge in [0.2, 0.25) is 0 Å². The van der Waals surface area contributed by atoms with Crippen LogP contribution in [0.1, 0.15) is 0 Å². The summed E-state index contributed by atoms with van der Waals surface area (Å²) >= 11 is 1.92. The van der Waals surface area contributed by atoms with Crippen LogP contribution < -0.4 is 0 Å². The van der Waals surface area contributed by atoms with Crippen molar-refractivity contribution < 1.29 is 0 Å². The minimum atomic E-state index is 1.26. The molecular weight excluding hydrogens is 406 g/mol. The van der Waals surface area contributed by atoms with E-state index >= 15 is 0 Å². The molecule has 0 saturated heterocycles. The molecule has 2 heteroatoms. The fourth-order valence-corrected chi connectivity index (χ4v) is 6.93. The van der Waals surface area contributed by atoms with Crippen molar-refractivity contribution in [1.29, 1.82) is 0 Å². The van der Waals surface area contributed by atoms with Crippen LogP contribution in [-0.4, -0.2) is 4.57 Å². The lowest BCUT2D eigenvalue weighted by Crippen LogP contribution is -1.94. The maximum atomic E-state index is 2.46. The van der Waals surface area contributed by atoms with E-state index in [4.69, 9.17) is 0 Å². The molecule has 1 nitrogen and oxygen atoms in total. The van der Waals surface area contributed by atoms with Gasteiger partial charge in [-0.2, -0.15) is 0 Å². The zero-order chi connectivity index (χ0) is 20.8. The highest BCUT2D eigenvalue weighted by Crippen LogP contribution is 2.47. The third-order valence-electron chi connectivity index (χ3n) is 6.95. The maximum Gasteiger partial charge on any atom is 0.0641 e. The van der Waals surface area contributed by atoms with Crippen molar-refractivity contribution in [2.24, 2.45) is 0 Å². The molecule has 32 heavy (non-hydrogen) atoms. The molecule has 0 spiro atoms. The predicted molar refractivity (Wildman–Crippen MR) is 140 cm³/mol. The Morgan fingerprint density at radius 2 is 1.00 bits per heavy atom. The summed E-state index contributed by atoms with van der Waals surface area (Å²) in [5.41, 5.74) is 3.79. The average Bonchev–Trinajstić information content (AvgIpc) is 3.40. The van der Waals surface area contributed by atoms with Crippen molar-refractivity contribution in [2.75, 3.05) is 0 Å². The first-order chi connectivity index (χ1) is 15.9. The third-order valence-corrected chi connectivity index (χ3v) is 8.13. The highest BCUT2D eigenvalue weighted by atomic mass is 32.1. The molecule has 0 aliphatic rings. The predicted octanol–water partition coefficient (Wildman–Crippen LogP) is 8.90. The summed E-state index contributed by atoms with van der Waals surface area (Å²) in [6.45, 7) is 0. The van der Waals surface area contributed by atoms with Crippen molar-refractivity contribution >= 4 is 74.9 Å². The van der Waals surface area contributed by atoms with Crippen molar-refractivity contribution in [3.8, 4) is 5.69 Å². The number of aromatic nitrogens is 1. The van der Waals surface area contributed by atoms with E-state index in [0.29, 0.717) is 0 Å². The standard InChI is InChI=1S/C30H17NS/c1-2-9-19-18(8-1)22-12-7-15-27-28(22)29-23(19)16-17-26(30(29)32-27)31-24-13-5-3-10-20(24)21-11-4-6-14-25(21)31/h1-17H. The fourth-order valence-electron chi connectivity index (χ4n) is 5.67. The first-order valence-corrected chi connectivity index (χ1v) is 11.8. The van der Waals surface area contributed by atoms with Gasteiger partial charge < -0.3 is 4.57 Å². The Bertz CT molecular complexity index is 1930. The fraction of sp³-hybridized carbons (Fsp3) is 0. The zero-order valence-electron chi connectivity index (χ0n) is 17.2. The summed E-state index contributed by atoms with van der Waals surface area (Å²) in [4.78, 5) is 0. The van der Waals surface area contributed by atoms with Gasteiger partial charge in [0, 0.05) is 26.2 Å². The number of hydrogen-bond acceptors (Lipinski definition) is 1. The van der Waals surface area contributed by atoms with Crippen LogP contribution in [0.3, 0.4) is 0 Å². The molecule has 8 rings (SSSR count). The van der Waals surface area contributed by atoms with Gasteiger partial charge in [0.25, 0.3) is 0 Å². The number of fused-ring (bicyclic) bond motifs is 6. The molecule has 6 aromatic carbocycles. The van der Waals surface area contributed by atoms with Gasteiger partial charge in [-0.15, -0.1) is 11.3 Å². The molecule has 0 radical (unpaired) electrons. The average molecular weight is 424 g/mol. The van der Waals surface area contributed by atoms with Gasteiger partial charge in [0.1, 0.15) is 0 Å². The van der Waals surface area contributed by atoms with Crippen LogP contribution >= 0.6 is 11.3 Å². The van der Waals surface area contributed by atoms with Gasteiger partial charge in [0.05, 0.1) is 21.4 Å². The van der Waals surface area contributed by atoms with Crippen LogP contribution in [0, 0.1) is 0 Å². The van der Waals surface area contributed by atoms with Crippen LogP contribution in [-0.2, 0) is 0 Å². The Kier molecular flexibility index (Phi) is 3.08. The molecule has 8 aromatic rings. The molecule has 0 saturated carbocycles. The second kappa shape index (κ2) is 5.87. The summed E-state index contributed by atoms with van der Waals surface area (Å²) in [5, 5.41) is 10.8. The van der Waals surface area contributed by atoms with E-state index in [1.807, 2.05) is 11.3 Å². The van der Waals surface area contributed by atoms with E-state index in [9.17, 15) is 0 Å². The minimum Gasteiger partial charge on any atom is -0.308 e. The monoisotopic (exact) mass is 423 g/mol. The van der Waals surface area contributed by atoms with Crippen molar-refractivity contribution in [3.05, 3.63) is 103 Å². The topological polar surface area (TPSA) is 4.93 Å². The summed E-state index contributed by atoms with van der Waals surface area (Å²) in [7, 11) is 0. The second-order valence-corrected chi connectivity index (χ2v) is 9.58. The number of hydrogen-bond donors (Lipinski definition) is 0. The SMILES string of the molecule is c1ccc2c(c1)c1cccc3sc4c(-n5c6ccccc6c6ccccc65)ccc2c4c31. The molecule has 0 amide bonds. The smallest absolute Gasteiger partial charge is 0.0641 e. The Labute approximate surface area is 188 Å². The lowest BCUT2D eigenvalue weighted by Gasteiger charge is -2.13. The summed E-state index contributed by atoms with van der Waals surface area (Å²) in [6.07, 6.45) is 0. The van der Waals surface area contributed by atoms with Crippen LogP contribution in [0.5, 0.6) is 0 Å². The number of thiophene rings is 1. The highest BCUT2D eigenvalue weighted by Gasteiger charge is 2.20. The van der Waals surface area contributed by atoms with Crippen molar-refractivity contribution in [1.82, 2.24) is 4.57 Å². The summed E-state index contributed by atoms with van der Waals surface area (Å²) < 4.78 is 5.19. The largest absolute Gasteiger partial charge is 0.308 e. The van der Waals surface area contributed by atoms with Crippen molar-refractivity contribution in [3.63, 3.8) is 0 Å². The molecule has 2 heterocycles. The second-order valence-electron chi connectivity index (χ2n) is 8.53. The number of nitrogens with zero attached hydrogens (tertiary/aromatic N) is 1. The van der Waals surface area contributed by atoms with Crippen LogP contribution in [0.15, 0.2) is 103 Å². The van der Waals surface area contributed by atoms with E-state index in [2.05, 4.69) is 108 Å². The minimum absolute atomic E-state index is 1.26. The Hall–Kier alpha value is -3.88. The normalized spacial score (nSPS) is 12.4. The van der Waals surface area contributed by atoms with Crippen LogP contribution in [0.2, 0.25) is 0 Å². The Morgan fingerprint density at radius 1 is 0.438 bits per heavy atom. The molecule has 0 aliphatic heterocycles. The van der Waals surface area contributed by atoms with E-state index in [1.54, 1.807) is 0 Å². The summed E-state index contributed by atoms with van der Waals surface area (Å²) in [5.74, 6) is 0. The number of benzene rings is 6. The van der Waals surface area contributed by atoms with Gasteiger partial charge in [-0.3, -0.25) is 0 Å². The maximum absolute atomic E-state index is 2.46. The van der Waals surface area contributed by atoms with E-state index < -0.39 is 0 Å².